The van der Waals surface area contributed by atoms with Crippen LogP contribution in [0.2, 0.25) is 0 Å². The summed E-state index contributed by atoms with van der Waals surface area (Å²) in [6.45, 7) is 6.75. The Morgan fingerprint density at radius 1 is 0.514 bits per heavy atom. The normalized spacial score (nSPS) is 30.7. The third-order valence-electron chi connectivity index (χ3n) is 11.3. The monoisotopic (exact) mass is 997 g/mol. The molecule has 0 spiro atoms. The first kappa shape index (κ1) is 60.4. The smallest absolute Gasteiger partial charge is 0.342 e. The number of carbonyl (C=O) groups is 2. The second kappa shape index (κ2) is 32.9. The molecule has 1 heterocycles. The van der Waals surface area contributed by atoms with Crippen molar-refractivity contribution in [2.75, 3.05) is 0 Å². The average Bonchev–Trinajstić information content (AvgIpc) is 3.27. The number of fused-ring (bicyclic) bond motifs is 2. The molecule has 10 atom stereocenters. The van der Waals surface area contributed by atoms with Crippen molar-refractivity contribution >= 4 is 24.1 Å². The zero-order chi connectivity index (χ0) is 53.0. The van der Waals surface area contributed by atoms with Crippen LogP contribution in [0.25, 0.3) is 12.2 Å². The van der Waals surface area contributed by atoms with Gasteiger partial charge in [-0.3, -0.25) is 0 Å². The standard InChI is InChI=1S/C58H76O14/c1-39-19-11-7-5-9-13-21-43-23-15-29-53(67)55(43)57(69)72-52(34-42(4)60)38-48(64)28-18-26-46(62)36-50(66)32-40(2)20-12-8-6-10-14-22-44-24-16-30-54(68)56(44)58(70)71-51(33-41(3)59)37-47(63)27-17-25-45(61)35-49(65)31-39/h5-26,29-30,41-42,45-52,59-68H,27-28,31-38H2,1-4H3/b9-5+,10-6+,11-7+,12-8+,21-13+,22-14+,25-17+,26-18+,39-19-,40-20-/t41-,42-,45-,46-,47+,48+,49+,50+,51-,52-/m1/s1. The molecule has 0 aliphatic carbocycles. The maximum atomic E-state index is 13.5. The highest BCUT2D eigenvalue weighted by Crippen LogP contribution is 2.27. The number of aliphatic hydroxyl groups is 8. The molecule has 14 nitrogen and oxygen atoms in total. The molecule has 0 bridgehead atoms. The summed E-state index contributed by atoms with van der Waals surface area (Å²) in [6.07, 6.45) is 21.8. The number of allylic oxidation sites excluding steroid dienone is 12. The van der Waals surface area contributed by atoms with Gasteiger partial charge in [0.15, 0.2) is 0 Å². The molecule has 1 aliphatic rings. The van der Waals surface area contributed by atoms with Crippen molar-refractivity contribution < 1.29 is 70.1 Å². The number of carbonyl (C=O) groups excluding carboxylic acids is 2. The number of aliphatic hydroxyl groups excluding tert-OH is 8. The van der Waals surface area contributed by atoms with E-state index in [4.69, 9.17) is 9.47 Å². The number of hydrogen-bond donors (Lipinski definition) is 10. The Balaban J connectivity index is 1.82. The van der Waals surface area contributed by atoms with Gasteiger partial charge in [0, 0.05) is 38.5 Å². The molecule has 0 saturated heterocycles. The number of phenolic OH excluding ortho intramolecular Hbond substituents is 2. The van der Waals surface area contributed by atoms with Gasteiger partial charge in [0.05, 0.1) is 48.8 Å². The lowest BCUT2D eigenvalue weighted by molar-refractivity contribution is -0.00168. The molecule has 0 unspecified atom stereocenters. The van der Waals surface area contributed by atoms with Gasteiger partial charge in [0.1, 0.15) is 34.8 Å². The molecule has 0 fully saturated rings. The molecule has 2 aromatic rings. The Kier molecular flexibility index (Phi) is 27.6. The van der Waals surface area contributed by atoms with E-state index >= 15 is 0 Å². The molecule has 392 valence electrons. The molecule has 2 aromatic carbocycles. The Bertz CT molecular complexity index is 2130. The fraction of sp³-hybridized carbons (Fsp3) is 0.414. The molecule has 3 rings (SSSR count). The third-order valence-corrected chi connectivity index (χ3v) is 11.3. The number of ether oxygens (including phenoxy) is 2. The van der Waals surface area contributed by atoms with E-state index in [1.807, 2.05) is 26.0 Å². The van der Waals surface area contributed by atoms with E-state index < -0.39 is 73.0 Å². The van der Waals surface area contributed by atoms with Gasteiger partial charge < -0.3 is 60.5 Å². The zero-order valence-corrected chi connectivity index (χ0v) is 41.8. The van der Waals surface area contributed by atoms with Gasteiger partial charge in [0.25, 0.3) is 0 Å². The maximum Gasteiger partial charge on any atom is 0.342 e. The van der Waals surface area contributed by atoms with E-state index in [1.54, 1.807) is 109 Å². The summed E-state index contributed by atoms with van der Waals surface area (Å²) in [5.41, 5.74) is 2.27. The lowest BCUT2D eigenvalue weighted by Gasteiger charge is -2.22. The van der Waals surface area contributed by atoms with Crippen LogP contribution in [0.3, 0.4) is 0 Å². The second-order valence-corrected chi connectivity index (χ2v) is 18.4. The average molecular weight is 997 g/mol. The Morgan fingerprint density at radius 3 is 1.25 bits per heavy atom. The van der Waals surface area contributed by atoms with Gasteiger partial charge in [-0.1, -0.05) is 145 Å². The number of hydrogen-bond acceptors (Lipinski definition) is 14. The van der Waals surface area contributed by atoms with Gasteiger partial charge >= 0.3 is 11.9 Å². The number of esters is 2. The predicted octanol–water partition coefficient (Wildman–Crippen LogP) is 7.95. The minimum Gasteiger partial charge on any atom is -0.507 e. The van der Waals surface area contributed by atoms with Crippen LogP contribution >= 0.6 is 0 Å². The molecule has 72 heavy (non-hydrogen) atoms. The van der Waals surface area contributed by atoms with Crippen molar-refractivity contribution in [3.05, 3.63) is 167 Å². The van der Waals surface area contributed by atoms with E-state index in [1.165, 1.54) is 38.1 Å². The minimum absolute atomic E-state index is 0.0244. The fourth-order valence-corrected chi connectivity index (χ4v) is 7.89. The Labute approximate surface area is 424 Å². The van der Waals surface area contributed by atoms with Crippen molar-refractivity contribution in [2.24, 2.45) is 0 Å². The largest absolute Gasteiger partial charge is 0.507 e. The van der Waals surface area contributed by atoms with Crippen LogP contribution in [0.4, 0.5) is 0 Å². The molecular weight excluding hydrogens is 921 g/mol. The number of cyclic esters (lactones) is 2. The van der Waals surface area contributed by atoms with Crippen LogP contribution in [0, 0.1) is 0 Å². The summed E-state index contributed by atoms with van der Waals surface area (Å²) in [5.74, 6) is -2.29. The van der Waals surface area contributed by atoms with Crippen molar-refractivity contribution in [3.63, 3.8) is 0 Å². The van der Waals surface area contributed by atoms with Crippen molar-refractivity contribution in [1.29, 1.82) is 0 Å². The van der Waals surface area contributed by atoms with E-state index in [-0.39, 0.29) is 86.8 Å². The topological polar surface area (TPSA) is 255 Å². The van der Waals surface area contributed by atoms with Crippen LogP contribution < -0.4 is 0 Å². The molecule has 14 heteroatoms. The van der Waals surface area contributed by atoms with Crippen molar-refractivity contribution in [1.82, 2.24) is 0 Å². The summed E-state index contributed by atoms with van der Waals surface area (Å²) in [5, 5.41) is 106. The van der Waals surface area contributed by atoms with Crippen LogP contribution in [-0.4, -0.2) is 124 Å². The Morgan fingerprint density at radius 2 is 0.875 bits per heavy atom. The van der Waals surface area contributed by atoms with Crippen molar-refractivity contribution in [2.45, 2.75) is 153 Å². The van der Waals surface area contributed by atoms with E-state index in [0.717, 1.165) is 11.1 Å². The van der Waals surface area contributed by atoms with E-state index in [9.17, 15) is 60.7 Å². The summed E-state index contributed by atoms with van der Waals surface area (Å²) < 4.78 is 11.5. The summed E-state index contributed by atoms with van der Waals surface area (Å²) in [4.78, 5) is 26.9. The van der Waals surface area contributed by atoms with Crippen molar-refractivity contribution in [3.8, 4) is 11.5 Å². The van der Waals surface area contributed by atoms with Gasteiger partial charge in [-0.05, 0) is 76.6 Å². The Hall–Kier alpha value is -5.94. The van der Waals surface area contributed by atoms with Crippen LogP contribution in [0.1, 0.15) is 124 Å². The molecular formula is C58H76O14. The number of benzene rings is 2. The van der Waals surface area contributed by atoms with Crippen LogP contribution in [0.15, 0.2) is 145 Å². The number of aromatic hydroxyl groups is 2. The minimum atomic E-state index is -1.01. The molecule has 0 aromatic heterocycles. The number of phenols is 2. The summed E-state index contributed by atoms with van der Waals surface area (Å²) >= 11 is 0. The molecule has 0 amide bonds. The highest BCUT2D eigenvalue weighted by atomic mass is 16.5. The number of rotatable bonds is 4. The predicted molar refractivity (Wildman–Crippen MR) is 281 cm³/mol. The first-order valence-electron chi connectivity index (χ1n) is 24.5. The quantitative estimate of drug-likeness (QED) is 0.103. The van der Waals surface area contributed by atoms with E-state index in [2.05, 4.69) is 0 Å². The van der Waals surface area contributed by atoms with E-state index in [0.29, 0.717) is 11.1 Å². The van der Waals surface area contributed by atoms with Gasteiger partial charge in [-0.25, -0.2) is 9.59 Å². The molecule has 1 aliphatic heterocycles. The summed E-state index contributed by atoms with van der Waals surface area (Å²) in [6, 6.07) is 9.14. The SMILES string of the molecule is C/C1=C/C=C/C=C/C=C/c2cccc(O)c2C(=O)O[C@H](C[C@@H](C)O)C[C@@H](O)C/C=C/[C@@H](O)C[C@@H](O)C\C(C)=C/C=C/C=C/C=C/c2cccc(O)c2C(=O)O[C@H](C[C@@H](C)O)C[C@@H](O)C/C=C/[C@@H](O)C[C@@H](O)C1. The lowest BCUT2D eigenvalue weighted by atomic mass is 10.0. The van der Waals surface area contributed by atoms with Gasteiger partial charge in [0.2, 0.25) is 0 Å². The zero-order valence-electron chi connectivity index (χ0n) is 41.8. The highest BCUT2D eigenvalue weighted by molar-refractivity contribution is 5.97. The molecule has 0 radical (unpaired) electrons. The molecule has 10 N–H and O–H groups in total. The summed E-state index contributed by atoms with van der Waals surface area (Å²) in [7, 11) is 0. The highest BCUT2D eigenvalue weighted by Gasteiger charge is 2.26. The first-order chi connectivity index (χ1) is 34.3. The fourth-order valence-electron chi connectivity index (χ4n) is 7.89. The third kappa shape index (κ3) is 24.5. The van der Waals surface area contributed by atoms with Gasteiger partial charge in [-0.15, -0.1) is 0 Å². The van der Waals surface area contributed by atoms with Gasteiger partial charge in [-0.2, -0.15) is 0 Å². The first-order valence-corrected chi connectivity index (χ1v) is 24.5. The maximum absolute atomic E-state index is 13.5. The van der Waals surface area contributed by atoms with Crippen LogP contribution in [-0.2, 0) is 9.47 Å². The lowest BCUT2D eigenvalue weighted by Crippen LogP contribution is -2.27. The molecule has 0 saturated carbocycles. The van der Waals surface area contributed by atoms with Crippen LogP contribution in [0.5, 0.6) is 11.5 Å². The second-order valence-electron chi connectivity index (χ2n) is 18.4.